The van der Waals surface area contributed by atoms with E-state index in [1.807, 2.05) is 0 Å². The van der Waals surface area contributed by atoms with Crippen LogP contribution in [-0.2, 0) is 14.6 Å². The molecule has 0 aromatic heterocycles. The van der Waals surface area contributed by atoms with E-state index in [1.54, 1.807) is 32.2 Å². The summed E-state index contributed by atoms with van der Waals surface area (Å²) in [5, 5.41) is 0.609. The van der Waals surface area contributed by atoms with E-state index in [9.17, 15) is 13.2 Å². The molecule has 8 heteroatoms. The first kappa shape index (κ1) is 17.9. The van der Waals surface area contributed by atoms with Crippen LogP contribution in [0.1, 0.15) is 13.3 Å². The summed E-state index contributed by atoms with van der Waals surface area (Å²) in [5.74, 6) is 0.0650. The maximum absolute atomic E-state index is 12.5. The predicted octanol–water partition coefficient (Wildman–Crippen LogP) is 3.12. The first-order valence-corrected chi connectivity index (χ1v) is 10.2. The lowest BCUT2D eigenvalue weighted by atomic mass is 10.2. The Morgan fingerprint density at radius 2 is 1.95 bits per heavy atom. The summed E-state index contributed by atoms with van der Waals surface area (Å²) in [6.45, 7) is 1.77. The Balaban J connectivity index is 2.06. The van der Waals surface area contributed by atoms with Crippen molar-refractivity contribution < 1.29 is 13.2 Å². The number of benzene rings is 1. The molecule has 0 bridgehead atoms. The Hall–Kier alpha value is -0.430. The molecule has 1 amide bonds. The van der Waals surface area contributed by atoms with Crippen LogP contribution in [0.4, 0.5) is 0 Å². The molecule has 0 radical (unpaired) electrons. The number of hydrogen-bond acceptors (Lipinski definition) is 4. The molecule has 1 aliphatic heterocycles. The summed E-state index contributed by atoms with van der Waals surface area (Å²) in [4.78, 5) is 14.7. The second-order valence-electron chi connectivity index (χ2n) is 5.32. The smallest absolute Gasteiger partial charge is 0.235 e. The number of sulfone groups is 1. The number of amides is 1. The van der Waals surface area contributed by atoms with Crippen molar-refractivity contribution in [2.45, 2.75) is 29.5 Å². The van der Waals surface area contributed by atoms with Gasteiger partial charge >= 0.3 is 0 Å². The lowest BCUT2D eigenvalue weighted by Crippen LogP contribution is -2.41. The summed E-state index contributed by atoms with van der Waals surface area (Å²) < 4.78 is 23.1. The molecule has 22 heavy (non-hydrogen) atoms. The number of rotatable bonds is 4. The van der Waals surface area contributed by atoms with Crippen LogP contribution in [0.25, 0.3) is 0 Å². The van der Waals surface area contributed by atoms with E-state index < -0.39 is 15.1 Å². The van der Waals surface area contributed by atoms with Crippen LogP contribution in [0, 0.1) is 0 Å². The highest BCUT2D eigenvalue weighted by atomic mass is 35.5. The Kier molecular flexibility index (Phi) is 5.69. The molecule has 2 atom stereocenters. The molecule has 4 nitrogen and oxygen atoms in total. The average Bonchev–Trinajstić information content (AvgIpc) is 2.81. The van der Waals surface area contributed by atoms with Gasteiger partial charge in [-0.15, -0.1) is 11.8 Å². The summed E-state index contributed by atoms with van der Waals surface area (Å²) in [6, 6.07) is 4.94. The van der Waals surface area contributed by atoms with Crippen molar-refractivity contribution in [3.05, 3.63) is 28.2 Å². The fraction of sp³-hybridized carbons (Fsp3) is 0.500. The fourth-order valence-corrected chi connectivity index (χ4v) is 5.79. The van der Waals surface area contributed by atoms with Crippen LogP contribution in [0.3, 0.4) is 0 Å². The van der Waals surface area contributed by atoms with Gasteiger partial charge in [0.15, 0.2) is 9.84 Å². The number of nitrogens with zero attached hydrogens (tertiary/aromatic N) is 1. The molecule has 1 saturated heterocycles. The van der Waals surface area contributed by atoms with Gasteiger partial charge in [0.1, 0.15) is 0 Å². The Morgan fingerprint density at radius 1 is 1.36 bits per heavy atom. The number of hydrogen-bond donors (Lipinski definition) is 0. The van der Waals surface area contributed by atoms with Gasteiger partial charge in [-0.05, 0) is 25.5 Å². The van der Waals surface area contributed by atoms with Crippen LogP contribution in [-0.4, -0.2) is 49.1 Å². The van der Waals surface area contributed by atoms with Crippen LogP contribution in [0.2, 0.25) is 10.0 Å². The largest absolute Gasteiger partial charge is 0.341 e. The molecule has 1 aromatic rings. The van der Waals surface area contributed by atoms with E-state index in [2.05, 4.69) is 0 Å². The Labute approximate surface area is 145 Å². The van der Waals surface area contributed by atoms with Gasteiger partial charge in [0.05, 0.1) is 26.8 Å². The molecule has 122 valence electrons. The molecule has 0 N–H and O–H groups in total. The van der Waals surface area contributed by atoms with Gasteiger partial charge in [0.25, 0.3) is 0 Å². The normalized spacial score (nSPS) is 21.5. The second kappa shape index (κ2) is 6.99. The lowest BCUT2D eigenvalue weighted by molar-refractivity contribution is -0.130. The topological polar surface area (TPSA) is 54.5 Å². The molecule has 0 spiro atoms. The first-order valence-electron chi connectivity index (χ1n) is 6.79. The number of carbonyl (C=O) groups is 1. The van der Waals surface area contributed by atoms with E-state index in [-0.39, 0.29) is 23.5 Å². The minimum atomic E-state index is -3.01. The third-order valence-corrected chi connectivity index (χ3v) is 7.50. The number of thioether (sulfide) groups is 1. The summed E-state index contributed by atoms with van der Waals surface area (Å²) in [7, 11) is -1.36. The third kappa shape index (κ3) is 4.10. The molecule has 2 unspecified atom stereocenters. The lowest BCUT2D eigenvalue weighted by Gasteiger charge is -2.26. The zero-order valence-corrected chi connectivity index (χ0v) is 15.4. The minimum Gasteiger partial charge on any atom is -0.341 e. The average molecular weight is 382 g/mol. The summed E-state index contributed by atoms with van der Waals surface area (Å²) in [6.07, 6.45) is 0.495. The summed E-state index contributed by atoms with van der Waals surface area (Å²) >= 11 is 13.5. The Bertz CT molecular complexity index is 658. The summed E-state index contributed by atoms with van der Waals surface area (Å²) in [5.41, 5.74) is 0. The number of carbonyl (C=O) groups excluding carboxylic acids is 1. The molecular weight excluding hydrogens is 365 g/mol. The van der Waals surface area contributed by atoms with Gasteiger partial charge in [-0.1, -0.05) is 29.3 Å². The van der Waals surface area contributed by atoms with Crippen LogP contribution in [0.15, 0.2) is 23.1 Å². The van der Waals surface area contributed by atoms with E-state index in [0.717, 1.165) is 0 Å². The van der Waals surface area contributed by atoms with Gasteiger partial charge < -0.3 is 4.90 Å². The molecular formula is C14H17Cl2NO3S2. The highest BCUT2D eigenvalue weighted by molar-refractivity contribution is 8.00. The van der Waals surface area contributed by atoms with Crippen molar-refractivity contribution >= 4 is 50.7 Å². The molecule has 1 aromatic carbocycles. The van der Waals surface area contributed by atoms with Crippen molar-refractivity contribution in [1.29, 1.82) is 0 Å². The molecule has 0 saturated carbocycles. The van der Waals surface area contributed by atoms with E-state index in [4.69, 9.17) is 23.2 Å². The van der Waals surface area contributed by atoms with Gasteiger partial charge in [0.2, 0.25) is 5.91 Å². The molecule has 1 aliphatic rings. The van der Waals surface area contributed by atoms with Gasteiger partial charge in [0, 0.05) is 18.0 Å². The van der Waals surface area contributed by atoms with Crippen molar-refractivity contribution in [3.63, 3.8) is 0 Å². The molecule has 2 rings (SSSR count). The highest BCUT2D eigenvalue weighted by Crippen LogP contribution is 2.37. The maximum Gasteiger partial charge on any atom is 0.235 e. The second-order valence-corrected chi connectivity index (χ2v) is 9.71. The SMILES string of the molecule is CC(Sc1c(Cl)cccc1Cl)C(=O)N(C)C1CCS(=O)(=O)C1. The maximum atomic E-state index is 12.5. The quantitative estimate of drug-likeness (QED) is 0.751. The van der Waals surface area contributed by atoms with Crippen molar-refractivity contribution in [2.24, 2.45) is 0 Å². The van der Waals surface area contributed by atoms with Crippen LogP contribution < -0.4 is 0 Å². The van der Waals surface area contributed by atoms with E-state index >= 15 is 0 Å². The third-order valence-electron chi connectivity index (χ3n) is 3.67. The van der Waals surface area contributed by atoms with Crippen molar-refractivity contribution in [1.82, 2.24) is 4.90 Å². The van der Waals surface area contributed by atoms with Crippen LogP contribution in [0.5, 0.6) is 0 Å². The zero-order valence-electron chi connectivity index (χ0n) is 12.3. The van der Waals surface area contributed by atoms with Gasteiger partial charge in [-0.2, -0.15) is 0 Å². The fourth-order valence-electron chi connectivity index (χ4n) is 2.37. The molecule has 1 heterocycles. The predicted molar refractivity (Wildman–Crippen MR) is 91.6 cm³/mol. The zero-order chi connectivity index (χ0) is 16.5. The van der Waals surface area contributed by atoms with E-state index in [0.29, 0.717) is 21.4 Å². The molecule has 0 aliphatic carbocycles. The van der Waals surface area contributed by atoms with Crippen LogP contribution >= 0.6 is 35.0 Å². The first-order chi connectivity index (χ1) is 10.2. The Morgan fingerprint density at radius 3 is 2.45 bits per heavy atom. The molecule has 1 fully saturated rings. The van der Waals surface area contributed by atoms with Gasteiger partial charge in [-0.25, -0.2) is 8.42 Å². The standard InChI is InChI=1S/C14H17Cl2NO3S2/c1-9(21-13-11(15)4-3-5-12(13)16)14(18)17(2)10-6-7-22(19,20)8-10/h3-5,9-10H,6-8H2,1-2H3. The number of halogens is 2. The van der Waals surface area contributed by atoms with Crippen molar-refractivity contribution in [2.75, 3.05) is 18.6 Å². The van der Waals surface area contributed by atoms with E-state index in [1.165, 1.54) is 16.7 Å². The van der Waals surface area contributed by atoms with Crippen molar-refractivity contribution in [3.8, 4) is 0 Å². The minimum absolute atomic E-state index is 0.0411. The highest BCUT2D eigenvalue weighted by Gasteiger charge is 2.34. The monoisotopic (exact) mass is 381 g/mol. The van der Waals surface area contributed by atoms with Gasteiger partial charge in [-0.3, -0.25) is 4.79 Å².